The second-order valence-corrected chi connectivity index (χ2v) is 3.48. The number of hydrogen-bond acceptors (Lipinski definition) is 4. The predicted octanol–water partition coefficient (Wildman–Crippen LogP) is 1.17. The Morgan fingerprint density at radius 1 is 1.59 bits per heavy atom. The third kappa shape index (κ3) is 4.25. The van der Waals surface area contributed by atoms with Crippen molar-refractivity contribution in [2.45, 2.75) is 25.6 Å². The van der Waals surface area contributed by atoms with E-state index in [1.165, 1.54) is 0 Å². The van der Waals surface area contributed by atoms with Gasteiger partial charge >= 0.3 is 6.18 Å². The Bertz CT molecular complexity index is 407. The molecule has 1 amide bonds. The van der Waals surface area contributed by atoms with E-state index >= 15 is 0 Å². The van der Waals surface area contributed by atoms with Crippen LogP contribution in [0.5, 0.6) is 0 Å². The molecule has 3 N–H and O–H groups in total. The molecule has 1 rings (SSSR count). The number of halogens is 3. The highest BCUT2D eigenvalue weighted by Gasteiger charge is 2.32. The summed E-state index contributed by atoms with van der Waals surface area (Å²) in [5.41, 5.74) is 3.91. The highest BCUT2D eigenvalue weighted by molar-refractivity contribution is 5.74. The number of anilines is 1. The molecule has 1 aromatic heterocycles. The summed E-state index contributed by atoms with van der Waals surface area (Å²) >= 11 is 0. The van der Waals surface area contributed by atoms with Crippen molar-refractivity contribution in [3.05, 3.63) is 18.0 Å². The fraction of sp³-hybridized carbons (Fsp3) is 0.444. The molecule has 0 saturated heterocycles. The molecule has 1 aromatic rings. The maximum atomic E-state index is 12.3. The second-order valence-electron chi connectivity index (χ2n) is 3.48. The monoisotopic (exact) mass is 248 g/mol. The van der Waals surface area contributed by atoms with Crippen molar-refractivity contribution in [3.63, 3.8) is 0 Å². The molecule has 5 nitrogen and oxygen atoms in total. The van der Waals surface area contributed by atoms with Crippen LogP contribution in [0.4, 0.5) is 19.1 Å². The number of aromatic nitrogens is 2. The molecule has 0 radical (unpaired) electrons. The summed E-state index contributed by atoms with van der Waals surface area (Å²) in [5.74, 6) is -0.745. The number of primary amides is 1. The number of alkyl halides is 3. The molecule has 0 saturated carbocycles. The molecule has 0 aliphatic rings. The number of carbonyl (C=O) groups excluding carboxylic acids is 1. The summed E-state index contributed by atoms with van der Waals surface area (Å²) in [6, 6.07) is 0.334. The van der Waals surface area contributed by atoms with Crippen molar-refractivity contribution in [1.29, 1.82) is 0 Å². The minimum absolute atomic E-state index is 0.0143. The quantitative estimate of drug-likeness (QED) is 0.838. The summed E-state index contributed by atoms with van der Waals surface area (Å²) in [4.78, 5) is 17.5. The minimum Gasteiger partial charge on any atom is -0.370 e. The van der Waals surface area contributed by atoms with Gasteiger partial charge in [-0.1, -0.05) is 0 Å². The molecular formula is C9H11F3N4O. The van der Waals surface area contributed by atoms with Crippen LogP contribution in [0.3, 0.4) is 0 Å². The van der Waals surface area contributed by atoms with Crippen LogP contribution in [-0.2, 0) is 11.0 Å². The maximum Gasteiger partial charge on any atom is 0.433 e. The Balaban J connectivity index is 2.76. The molecule has 17 heavy (non-hydrogen) atoms. The summed E-state index contributed by atoms with van der Waals surface area (Å²) in [5, 5.41) is 2.56. The van der Waals surface area contributed by atoms with Crippen molar-refractivity contribution in [3.8, 4) is 0 Å². The van der Waals surface area contributed by atoms with Gasteiger partial charge in [0.25, 0.3) is 0 Å². The minimum atomic E-state index is -4.52. The Kier molecular flexibility index (Phi) is 3.87. The second kappa shape index (κ2) is 4.98. The van der Waals surface area contributed by atoms with Gasteiger partial charge in [-0.2, -0.15) is 13.2 Å². The highest BCUT2D eigenvalue weighted by Crippen LogP contribution is 2.27. The van der Waals surface area contributed by atoms with E-state index in [0.717, 1.165) is 12.3 Å². The average molecular weight is 248 g/mol. The normalized spacial score (nSPS) is 13.2. The molecule has 0 bridgehead atoms. The third-order valence-corrected chi connectivity index (χ3v) is 1.83. The number of carbonyl (C=O) groups is 1. The first kappa shape index (κ1) is 13.2. The molecule has 0 aliphatic carbocycles. The van der Waals surface area contributed by atoms with Crippen LogP contribution in [0, 0.1) is 0 Å². The van der Waals surface area contributed by atoms with Gasteiger partial charge in [-0.25, -0.2) is 9.97 Å². The summed E-state index contributed by atoms with van der Waals surface area (Å²) < 4.78 is 37.0. The van der Waals surface area contributed by atoms with Crippen LogP contribution in [0.1, 0.15) is 19.0 Å². The molecule has 0 aromatic carbocycles. The van der Waals surface area contributed by atoms with E-state index in [0.29, 0.717) is 0 Å². The summed E-state index contributed by atoms with van der Waals surface area (Å²) in [6.45, 7) is 1.59. The fourth-order valence-electron chi connectivity index (χ4n) is 1.16. The number of hydrogen-bond donors (Lipinski definition) is 2. The van der Waals surface area contributed by atoms with E-state index in [-0.39, 0.29) is 12.4 Å². The molecule has 1 unspecified atom stereocenters. The number of nitrogens with zero attached hydrogens (tertiary/aromatic N) is 2. The Morgan fingerprint density at radius 3 is 2.76 bits per heavy atom. The Labute approximate surface area is 95.2 Å². The lowest BCUT2D eigenvalue weighted by molar-refractivity contribution is -0.141. The van der Waals surface area contributed by atoms with Gasteiger partial charge in [0.1, 0.15) is 5.69 Å². The number of nitrogens with two attached hydrogens (primary N) is 1. The van der Waals surface area contributed by atoms with Gasteiger partial charge < -0.3 is 11.1 Å². The molecule has 0 fully saturated rings. The molecule has 1 atom stereocenters. The van der Waals surface area contributed by atoms with Gasteiger partial charge in [-0.05, 0) is 13.0 Å². The van der Waals surface area contributed by atoms with Crippen molar-refractivity contribution in [2.75, 3.05) is 5.32 Å². The zero-order valence-electron chi connectivity index (χ0n) is 8.95. The van der Waals surface area contributed by atoms with Crippen LogP contribution >= 0.6 is 0 Å². The fourth-order valence-corrected chi connectivity index (χ4v) is 1.16. The van der Waals surface area contributed by atoms with Crippen molar-refractivity contribution >= 4 is 11.9 Å². The van der Waals surface area contributed by atoms with Gasteiger partial charge in [-0.15, -0.1) is 0 Å². The lowest BCUT2D eigenvalue weighted by atomic mass is 10.2. The highest BCUT2D eigenvalue weighted by atomic mass is 19.4. The molecule has 8 heteroatoms. The molecule has 0 aliphatic heterocycles. The van der Waals surface area contributed by atoms with E-state index in [4.69, 9.17) is 5.73 Å². The average Bonchev–Trinajstić information content (AvgIpc) is 2.15. The van der Waals surface area contributed by atoms with Gasteiger partial charge in [0.05, 0.1) is 0 Å². The standard InChI is InChI=1S/C9H11F3N4O/c1-5(4-7(13)17)15-8-14-3-2-6(16-8)9(10,11)12/h2-3,5H,4H2,1H3,(H2,13,17)(H,14,15,16). The van der Waals surface area contributed by atoms with Crippen LogP contribution in [0.25, 0.3) is 0 Å². The van der Waals surface area contributed by atoms with E-state index in [9.17, 15) is 18.0 Å². The van der Waals surface area contributed by atoms with E-state index in [1.54, 1.807) is 6.92 Å². The third-order valence-electron chi connectivity index (χ3n) is 1.83. The van der Waals surface area contributed by atoms with Gasteiger partial charge in [0, 0.05) is 18.7 Å². The lowest BCUT2D eigenvalue weighted by Crippen LogP contribution is -2.25. The van der Waals surface area contributed by atoms with Crippen LogP contribution in [0.2, 0.25) is 0 Å². The van der Waals surface area contributed by atoms with E-state index in [2.05, 4.69) is 15.3 Å². The first-order valence-electron chi connectivity index (χ1n) is 4.74. The van der Waals surface area contributed by atoms with Crippen molar-refractivity contribution < 1.29 is 18.0 Å². The van der Waals surface area contributed by atoms with E-state index < -0.39 is 23.8 Å². The number of amides is 1. The summed E-state index contributed by atoms with van der Waals surface area (Å²) in [6.07, 6.45) is -3.54. The SMILES string of the molecule is CC(CC(N)=O)Nc1nccc(C(F)(F)F)n1. The van der Waals surface area contributed by atoms with Gasteiger partial charge in [0.15, 0.2) is 0 Å². The Morgan fingerprint density at radius 2 is 2.24 bits per heavy atom. The molecule has 94 valence electrons. The van der Waals surface area contributed by atoms with Crippen LogP contribution in [-0.4, -0.2) is 21.9 Å². The van der Waals surface area contributed by atoms with Crippen molar-refractivity contribution in [2.24, 2.45) is 5.73 Å². The lowest BCUT2D eigenvalue weighted by Gasteiger charge is -2.13. The van der Waals surface area contributed by atoms with Gasteiger partial charge in [0.2, 0.25) is 11.9 Å². The largest absolute Gasteiger partial charge is 0.433 e. The molecule has 1 heterocycles. The number of nitrogens with one attached hydrogen (secondary N) is 1. The van der Waals surface area contributed by atoms with Crippen LogP contribution in [0.15, 0.2) is 12.3 Å². The topological polar surface area (TPSA) is 80.9 Å². The predicted molar refractivity (Wildman–Crippen MR) is 53.9 cm³/mol. The first-order chi connectivity index (χ1) is 7.79. The van der Waals surface area contributed by atoms with Crippen molar-refractivity contribution in [1.82, 2.24) is 9.97 Å². The zero-order chi connectivity index (χ0) is 13.1. The first-order valence-corrected chi connectivity index (χ1v) is 4.74. The zero-order valence-corrected chi connectivity index (χ0v) is 8.95. The number of rotatable bonds is 4. The van der Waals surface area contributed by atoms with Crippen LogP contribution < -0.4 is 11.1 Å². The van der Waals surface area contributed by atoms with Gasteiger partial charge in [-0.3, -0.25) is 4.79 Å². The smallest absolute Gasteiger partial charge is 0.370 e. The maximum absolute atomic E-state index is 12.3. The summed E-state index contributed by atoms with van der Waals surface area (Å²) in [7, 11) is 0. The molecule has 0 spiro atoms. The Hall–Kier alpha value is -1.86. The van der Waals surface area contributed by atoms with E-state index in [1.807, 2.05) is 0 Å². The molecular weight excluding hydrogens is 237 g/mol.